The van der Waals surface area contributed by atoms with Gasteiger partial charge < -0.3 is 24.3 Å². The van der Waals surface area contributed by atoms with Crippen LogP contribution in [0, 0.1) is 13.8 Å². The second-order valence-electron chi connectivity index (χ2n) is 7.73. The molecule has 3 rings (SSSR count). The van der Waals surface area contributed by atoms with Gasteiger partial charge in [-0.25, -0.2) is 4.98 Å². The van der Waals surface area contributed by atoms with E-state index in [1.54, 1.807) is 31.2 Å². The third kappa shape index (κ3) is 5.54. The highest BCUT2D eigenvalue weighted by atomic mass is 19.4. The molecule has 0 aliphatic rings. The summed E-state index contributed by atoms with van der Waals surface area (Å²) in [5.41, 5.74) is -0.894. The molecule has 8 nitrogen and oxygen atoms in total. The molecule has 33 heavy (non-hydrogen) atoms. The molecule has 1 atom stereocenters. The number of rotatable bonds is 9. The zero-order valence-corrected chi connectivity index (χ0v) is 18.4. The second kappa shape index (κ2) is 9.65. The number of hydrogen-bond donors (Lipinski definition) is 2. The fourth-order valence-electron chi connectivity index (χ4n) is 3.34. The number of aliphatic hydroxyl groups is 1. The number of aryl methyl sites for hydroxylation is 3. The third-order valence-corrected chi connectivity index (χ3v) is 5.32. The Hall–Kier alpha value is -3.34. The van der Waals surface area contributed by atoms with Crippen LogP contribution in [0.1, 0.15) is 34.8 Å². The lowest BCUT2D eigenvalue weighted by atomic mass is 9.97. The summed E-state index contributed by atoms with van der Waals surface area (Å²) >= 11 is 0. The molecule has 0 aliphatic carbocycles. The summed E-state index contributed by atoms with van der Waals surface area (Å²) < 4.78 is 52.4. The molecule has 0 unspecified atom stereocenters. The van der Waals surface area contributed by atoms with Gasteiger partial charge in [0.25, 0.3) is 0 Å². The number of halogens is 3. The van der Waals surface area contributed by atoms with Crippen molar-refractivity contribution < 1.29 is 32.3 Å². The predicted octanol–water partition coefficient (Wildman–Crippen LogP) is 3.10. The zero-order chi connectivity index (χ0) is 24.2. The van der Waals surface area contributed by atoms with Crippen molar-refractivity contribution in [3.8, 4) is 5.75 Å². The molecule has 2 N–H and O–H groups in total. The van der Waals surface area contributed by atoms with Crippen molar-refractivity contribution >= 4 is 5.91 Å². The number of alkyl halides is 3. The third-order valence-electron chi connectivity index (χ3n) is 5.32. The standard InChI is InChI=1S/C22H25F3N4O4/c1-14-18(15(2)33-28-14)13-32-17-6-4-16(5-7-17)12-19(30)26-9-8-21(31,22(23,24)25)20-27-10-11-29(20)3/h4-7,10-11,31H,8-9,12-13H2,1-3H3,(H,26,30)/t21-/m0/s1. The van der Waals surface area contributed by atoms with Crippen molar-refractivity contribution in [3.63, 3.8) is 0 Å². The van der Waals surface area contributed by atoms with Crippen LogP contribution in [0.3, 0.4) is 0 Å². The maximum atomic E-state index is 13.5. The summed E-state index contributed by atoms with van der Waals surface area (Å²) in [6.07, 6.45) is -3.26. The second-order valence-corrected chi connectivity index (χ2v) is 7.73. The van der Waals surface area contributed by atoms with Crippen molar-refractivity contribution in [2.75, 3.05) is 6.54 Å². The number of carbonyl (C=O) groups excluding carboxylic acids is 1. The van der Waals surface area contributed by atoms with Crippen LogP contribution in [-0.2, 0) is 30.5 Å². The highest BCUT2D eigenvalue weighted by Crippen LogP contribution is 2.40. The van der Waals surface area contributed by atoms with Crippen LogP contribution in [0.5, 0.6) is 5.75 Å². The van der Waals surface area contributed by atoms with E-state index in [1.807, 2.05) is 6.92 Å². The molecule has 0 bridgehead atoms. The van der Waals surface area contributed by atoms with Crippen molar-refractivity contribution in [2.45, 2.75) is 45.1 Å². The van der Waals surface area contributed by atoms with E-state index in [-0.39, 0.29) is 13.0 Å². The Labute approximate surface area is 188 Å². The molecule has 3 aromatic rings. The smallest absolute Gasteiger partial charge is 0.424 e. The number of benzene rings is 1. The molecule has 0 saturated heterocycles. The molecule has 2 heterocycles. The Balaban J connectivity index is 1.52. The predicted molar refractivity (Wildman–Crippen MR) is 111 cm³/mol. The molecule has 178 valence electrons. The van der Waals surface area contributed by atoms with Crippen LogP contribution < -0.4 is 10.1 Å². The average Bonchev–Trinajstić information content (AvgIpc) is 3.32. The molecule has 0 saturated carbocycles. The van der Waals surface area contributed by atoms with E-state index in [0.717, 1.165) is 15.8 Å². The average molecular weight is 466 g/mol. The van der Waals surface area contributed by atoms with Gasteiger partial charge in [-0.2, -0.15) is 13.2 Å². The minimum atomic E-state index is -4.95. The van der Waals surface area contributed by atoms with E-state index in [1.165, 1.54) is 19.4 Å². The van der Waals surface area contributed by atoms with E-state index >= 15 is 0 Å². The summed E-state index contributed by atoms with van der Waals surface area (Å²) in [5.74, 6) is 0.269. The monoisotopic (exact) mass is 466 g/mol. The highest BCUT2D eigenvalue weighted by molar-refractivity contribution is 5.78. The highest BCUT2D eigenvalue weighted by Gasteiger charge is 2.57. The van der Waals surface area contributed by atoms with Crippen LogP contribution in [0.2, 0.25) is 0 Å². The normalized spacial score (nSPS) is 13.5. The van der Waals surface area contributed by atoms with Gasteiger partial charge in [0.2, 0.25) is 11.5 Å². The van der Waals surface area contributed by atoms with Crippen LogP contribution in [0.15, 0.2) is 41.2 Å². The first-order valence-electron chi connectivity index (χ1n) is 10.2. The van der Waals surface area contributed by atoms with Crippen molar-refractivity contribution in [1.82, 2.24) is 20.0 Å². The lowest BCUT2D eigenvalue weighted by molar-refractivity contribution is -0.272. The van der Waals surface area contributed by atoms with Crippen molar-refractivity contribution in [2.24, 2.45) is 7.05 Å². The summed E-state index contributed by atoms with van der Waals surface area (Å²) in [7, 11) is 1.36. The molecule has 0 radical (unpaired) electrons. The van der Waals surface area contributed by atoms with Crippen LogP contribution >= 0.6 is 0 Å². The van der Waals surface area contributed by atoms with E-state index in [2.05, 4.69) is 15.5 Å². The maximum absolute atomic E-state index is 13.5. The van der Waals surface area contributed by atoms with Gasteiger partial charge in [0.05, 0.1) is 17.7 Å². The van der Waals surface area contributed by atoms with Gasteiger partial charge in [-0.15, -0.1) is 0 Å². The minimum absolute atomic E-state index is 0.0308. The van der Waals surface area contributed by atoms with Crippen LogP contribution in [0.25, 0.3) is 0 Å². The SMILES string of the molecule is Cc1noc(C)c1COc1ccc(CC(=O)NCC[C@](O)(c2nccn2C)C(F)(F)F)cc1. The lowest BCUT2D eigenvalue weighted by Gasteiger charge is -2.30. The molecule has 1 amide bonds. The molecule has 2 aromatic heterocycles. The lowest BCUT2D eigenvalue weighted by Crippen LogP contribution is -2.46. The molecule has 1 aromatic carbocycles. The van der Waals surface area contributed by atoms with Gasteiger partial charge in [-0.05, 0) is 31.5 Å². The first-order chi connectivity index (χ1) is 15.5. The Morgan fingerprint density at radius 2 is 1.94 bits per heavy atom. The Bertz CT molecular complexity index is 1070. The van der Waals surface area contributed by atoms with Crippen LogP contribution in [-0.4, -0.2) is 38.4 Å². The fourth-order valence-corrected chi connectivity index (χ4v) is 3.34. The van der Waals surface area contributed by atoms with Gasteiger partial charge in [-0.1, -0.05) is 17.3 Å². The molecular formula is C22H25F3N4O4. The Morgan fingerprint density at radius 1 is 1.24 bits per heavy atom. The van der Waals surface area contributed by atoms with Crippen LogP contribution in [0.4, 0.5) is 13.2 Å². The Morgan fingerprint density at radius 3 is 2.48 bits per heavy atom. The van der Waals surface area contributed by atoms with Gasteiger partial charge in [-0.3, -0.25) is 4.79 Å². The summed E-state index contributed by atoms with van der Waals surface area (Å²) in [4.78, 5) is 15.8. The topological polar surface area (TPSA) is 102 Å². The number of ether oxygens (including phenoxy) is 1. The first-order valence-corrected chi connectivity index (χ1v) is 10.2. The summed E-state index contributed by atoms with van der Waals surface area (Å²) in [6.45, 7) is 3.54. The maximum Gasteiger partial charge on any atom is 0.424 e. The number of nitrogens with one attached hydrogen (secondary N) is 1. The van der Waals surface area contributed by atoms with Crippen molar-refractivity contribution in [3.05, 3.63) is 65.1 Å². The van der Waals surface area contributed by atoms with Gasteiger partial charge in [0.1, 0.15) is 23.9 Å². The molecule has 0 fully saturated rings. The summed E-state index contributed by atoms with van der Waals surface area (Å²) in [5, 5.41) is 16.6. The molecule has 11 heteroatoms. The number of amides is 1. The van der Waals surface area contributed by atoms with E-state index in [9.17, 15) is 23.1 Å². The Kier molecular flexibility index (Phi) is 7.11. The van der Waals surface area contributed by atoms with E-state index in [4.69, 9.17) is 9.26 Å². The molecule has 0 spiro atoms. The number of imidazole rings is 1. The minimum Gasteiger partial charge on any atom is -0.489 e. The van der Waals surface area contributed by atoms with E-state index < -0.39 is 29.9 Å². The van der Waals surface area contributed by atoms with E-state index in [0.29, 0.717) is 23.7 Å². The largest absolute Gasteiger partial charge is 0.489 e. The van der Waals surface area contributed by atoms with Gasteiger partial charge in [0, 0.05) is 32.4 Å². The van der Waals surface area contributed by atoms with Gasteiger partial charge in [0.15, 0.2) is 0 Å². The number of carbonyl (C=O) groups is 1. The molecular weight excluding hydrogens is 441 g/mol. The zero-order valence-electron chi connectivity index (χ0n) is 18.4. The van der Waals surface area contributed by atoms with Gasteiger partial charge >= 0.3 is 6.18 Å². The number of aromatic nitrogens is 3. The number of nitrogens with zero attached hydrogens (tertiary/aromatic N) is 3. The first kappa shape index (κ1) is 24.3. The number of hydrogen-bond acceptors (Lipinski definition) is 6. The summed E-state index contributed by atoms with van der Waals surface area (Å²) in [6, 6.07) is 6.79. The fraction of sp³-hybridized carbons (Fsp3) is 0.409. The quantitative estimate of drug-likeness (QED) is 0.503. The molecule has 0 aliphatic heterocycles. The van der Waals surface area contributed by atoms with Crippen molar-refractivity contribution in [1.29, 1.82) is 0 Å².